The number of fused-ring (bicyclic) bond motifs is 3. The number of para-hydroxylation sites is 1. The molecular weight excluding hydrogens is 188 g/mol. The molecule has 1 aliphatic carbocycles. The molecule has 0 amide bonds. The summed E-state index contributed by atoms with van der Waals surface area (Å²) in [5, 5.41) is 13.6. The molecule has 0 fully saturated rings. The second-order valence-electron chi connectivity index (χ2n) is 3.92. The number of hydrogen-bond acceptors (Lipinski definition) is 2. The van der Waals surface area contributed by atoms with Crippen molar-refractivity contribution in [3.05, 3.63) is 35.5 Å². The smallest absolute Gasteiger partial charge is 0.103 e. The van der Waals surface area contributed by atoms with Crippen molar-refractivity contribution in [1.82, 2.24) is 4.98 Å². The molecule has 0 radical (unpaired) electrons. The average molecular weight is 200 g/mol. The summed E-state index contributed by atoms with van der Waals surface area (Å²) >= 11 is 0. The monoisotopic (exact) mass is 200 g/mol. The first-order valence-corrected chi connectivity index (χ1v) is 5.21. The van der Waals surface area contributed by atoms with E-state index in [1.165, 1.54) is 10.9 Å². The Bertz CT molecular complexity index is 540. The fourth-order valence-corrected chi connectivity index (χ4v) is 2.36. The van der Waals surface area contributed by atoms with Gasteiger partial charge in [0.2, 0.25) is 0 Å². The number of oxime groups is 1. The van der Waals surface area contributed by atoms with Gasteiger partial charge in [-0.2, -0.15) is 0 Å². The minimum Gasteiger partial charge on any atom is -0.411 e. The normalized spacial score (nSPS) is 18.3. The topological polar surface area (TPSA) is 48.4 Å². The highest BCUT2D eigenvalue weighted by molar-refractivity contribution is 6.06. The van der Waals surface area contributed by atoms with Gasteiger partial charge in [-0.25, -0.2) is 0 Å². The van der Waals surface area contributed by atoms with Crippen molar-refractivity contribution in [2.45, 2.75) is 19.3 Å². The molecule has 1 aromatic heterocycles. The minimum absolute atomic E-state index is 0.785. The molecule has 15 heavy (non-hydrogen) atoms. The van der Waals surface area contributed by atoms with E-state index in [9.17, 15) is 0 Å². The molecule has 0 bridgehead atoms. The number of aromatic amines is 1. The Morgan fingerprint density at radius 2 is 2.07 bits per heavy atom. The number of aryl methyl sites for hydroxylation is 1. The lowest BCUT2D eigenvalue weighted by molar-refractivity contribution is 0.317. The van der Waals surface area contributed by atoms with E-state index in [2.05, 4.69) is 22.3 Å². The van der Waals surface area contributed by atoms with Crippen LogP contribution in [0.4, 0.5) is 0 Å². The molecule has 0 saturated heterocycles. The van der Waals surface area contributed by atoms with Gasteiger partial charge in [0.1, 0.15) is 5.71 Å². The molecule has 0 aliphatic heterocycles. The molecule has 3 heteroatoms. The zero-order valence-electron chi connectivity index (χ0n) is 8.33. The maximum atomic E-state index is 8.93. The molecule has 3 nitrogen and oxygen atoms in total. The number of benzene rings is 1. The third-order valence-electron chi connectivity index (χ3n) is 3.06. The highest BCUT2D eigenvalue weighted by Gasteiger charge is 2.20. The van der Waals surface area contributed by atoms with Crippen LogP contribution in [0.3, 0.4) is 0 Å². The Balaban J connectivity index is 2.34. The molecule has 0 unspecified atom stereocenters. The lowest BCUT2D eigenvalue weighted by atomic mass is 9.94. The quantitative estimate of drug-likeness (QED) is 0.498. The summed E-state index contributed by atoms with van der Waals surface area (Å²) in [7, 11) is 0. The van der Waals surface area contributed by atoms with Gasteiger partial charge in [0.25, 0.3) is 0 Å². The molecule has 0 spiro atoms. The van der Waals surface area contributed by atoms with Crippen LogP contribution in [-0.2, 0) is 6.42 Å². The predicted molar refractivity (Wildman–Crippen MR) is 59.6 cm³/mol. The SMILES string of the molecule is O/N=C1/CCCc2c1[nH]c1ccccc21. The van der Waals surface area contributed by atoms with Crippen LogP contribution in [0.2, 0.25) is 0 Å². The van der Waals surface area contributed by atoms with Gasteiger partial charge in [-0.1, -0.05) is 23.4 Å². The van der Waals surface area contributed by atoms with Crippen LogP contribution in [0, 0.1) is 0 Å². The van der Waals surface area contributed by atoms with Crippen LogP contribution < -0.4 is 0 Å². The number of nitrogens with zero attached hydrogens (tertiary/aromatic N) is 1. The molecule has 1 aliphatic rings. The molecule has 76 valence electrons. The molecule has 3 rings (SSSR count). The Labute approximate surface area is 87.4 Å². The molecule has 2 aromatic rings. The van der Waals surface area contributed by atoms with E-state index in [4.69, 9.17) is 5.21 Å². The van der Waals surface area contributed by atoms with E-state index < -0.39 is 0 Å². The minimum atomic E-state index is 0.785. The van der Waals surface area contributed by atoms with Crippen molar-refractivity contribution in [2.75, 3.05) is 0 Å². The summed E-state index contributed by atoms with van der Waals surface area (Å²) in [6, 6.07) is 8.23. The summed E-state index contributed by atoms with van der Waals surface area (Å²) in [4.78, 5) is 3.33. The van der Waals surface area contributed by atoms with Gasteiger partial charge in [0.15, 0.2) is 0 Å². The van der Waals surface area contributed by atoms with E-state index in [1.54, 1.807) is 0 Å². The summed E-state index contributed by atoms with van der Waals surface area (Å²) in [5.41, 5.74) is 4.23. The van der Waals surface area contributed by atoms with Crippen LogP contribution in [0.1, 0.15) is 24.1 Å². The van der Waals surface area contributed by atoms with Gasteiger partial charge in [-0.3, -0.25) is 0 Å². The Morgan fingerprint density at radius 3 is 2.93 bits per heavy atom. The van der Waals surface area contributed by atoms with Crippen LogP contribution >= 0.6 is 0 Å². The largest absolute Gasteiger partial charge is 0.411 e. The van der Waals surface area contributed by atoms with Crippen LogP contribution in [0.25, 0.3) is 10.9 Å². The number of H-pyrrole nitrogens is 1. The van der Waals surface area contributed by atoms with Crippen molar-refractivity contribution < 1.29 is 5.21 Å². The van der Waals surface area contributed by atoms with E-state index in [-0.39, 0.29) is 0 Å². The number of nitrogens with one attached hydrogen (secondary N) is 1. The summed E-state index contributed by atoms with van der Waals surface area (Å²) in [5.74, 6) is 0. The number of rotatable bonds is 0. The van der Waals surface area contributed by atoms with E-state index in [0.717, 1.165) is 36.2 Å². The first kappa shape index (κ1) is 8.53. The molecule has 1 heterocycles. The predicted octanol–water partition coefficient (Wildman–Crippen LogP) is 2.68. The lowest BCUT2D eigenvalue weighted by Gasteiger charge is -2.12. The van der Waals surface area contributed by atoms with Gasteiger partial charge < -0.3 is 10.2 Å². The summed E-state index contributed by atoms with van der Waals surface area (Å²) in [6.07, 6.45) is 2.99. The van der Waals surface area contributed by atoms with E-state index >= 15 is 0 Å². The summed E-state index contributed by atoms with van der Waals surface area (Å²) < 4.78 is 0. The first-order chi connectivity index (χ1) is 7.40. The zero-order valence-corrected chi connectivity index (χ0v) is 8.33. The molecular formula is C12H12N2O. The lowest BCUT2D eigenvalue weighted by Crippen LogP contribution is -2.10. The zero-order chi connectivity index (χ0) is 10.3. The molecule has 1 aromatic carbocycles. The van der Waals surface area contributed by atoms with Gasteiger partial charge in [0.05, 0.1) is 5.69 Å². The maximum absolute atomic E-state index is 8.93. The molecule has 2 N–H and O–H groups in total. The van der Waals surface area contributed by atoms with Crippen LogP contribution in [0.5, 0.6) is 0 Å². The third kappa shape index (κ3) is 1.16. The second-order valence-corrected chi connectivity index (χ2v) is 3.92. The van der Waals surface area contributed by atoms with Crippen LogP contribution in [0.15, 0.2) is 29.4 Å². The highest BCUT2D eigenvalue weighted by atomic mass is 16.4. The Morgan fingerprint density at radius 1 is 1.20 bits per heavy atom. The highest BCUT2D eigenvalue weighted by Crippen LogP contribution is 2.28. The third-order valence-corrected chi connectivity index (χ3v) is 3.06. The molecule has 0 atom stereocenters. The van der Waals surface area contributed by atoms with E-state index in [1.807, 2.05) is 12.1 Å². The Hall–Kier alpha value is -1.77. The fraction of sp³-hybridized carbons (Fsp3) is 0.250. The average Bonchev–Trinajstić information content (AvgIpc) is 2.67. The van der Waals surface area contributed by atoms with E-state index in [0.29, 0.717) is 0 Å². The second kappa shape index (κ2) is 3.12. The van der Waals surface area contributed by atoms with Gasteiger partial charge in [-0.05, 0) is 30.9 Å². The van der Waals surface area contributed by atoms with Crippen molar-refractivity contribution in [1.29, 1.82) is 0 Å². The van der Waals surface area contributed by atoms with Gasteiger partial charge >= 0.3 is 0 Å². The fourth-order valence-electron chi connectivity index (χ4n) is 2.36. The van der Waals surface area contributed by atoms with Crippen molar-refractivity contribution in [3.63, 3.8) is 0 Å². The van der Waals surface area contributed by atoms with Crippen LogP contribution in [-0.4, -0.2) is 15.9 Å². The van der Waals surface area contributed by atoms with Gasteiger partial charge in [-0.15, -0.1) is 0 Å². The van der Waals surface area contributed by atoms with Gasteiger partial charge in [0, 0.05) is 10.9 Å². The maximum Gasteiger partial charge on any atom is 0.103 e. The number of aromatic nitrogens is 1. The van der Waals surface area contributed by atoms with Crippen molar-refractivity contribution >= 4 is 16.6 Å². The van der Waals surface area contributed by atoms with Crippen molar-refractivity contribution in [3.8, 4) is 0 Å². The molecule has 0 saturated carbocycles. The standard InChI is InChI=1S/C12H12N2O/c15-14-11-7-3-5-9-8-4-1-2-6-10(8)13-12(9)11/h1-2,4,6,13,15H,3,5,7H2/b14-11-. The first-order valence-electron chi connectivity index (χ1n) is 5.21. The van der Waals surface area contributed by atoms with Crippen molar-refractivity contribution in [2.24, 2.45) is 5.16 Å². The Kier molecular flexibility index (Phi) is 1.78. The number of hydrogen-bond donors (Lipinski definition) is 2. The summed E-state index contributed by atoms with van der Waals surface area (Å²) in [6.45, 7) is 0.